The van der Waals surface area contributed by atoms with E-state index in [1.807, 2.05) is 6.07 Å². The summed E-state index contributed by atoms with van der Waals surface area (Å²) in [6.07, 6.45) is 3.10. The Labute approximate surface area is 120 Å². The Morgan fingerprint density at radius 3 is 2.90 bits per heavy atom. The molecule has 0 atom stereocenters. The molecule has 0 radical (unpaired) electrons. The van der Waals surface area contributed by atoms with Gasteiger partial charge in [0.05, 0.1) is 18.2 Å². The highest BCUT2D eigenvalue weighted by Gasteiger charge is 2.17. The van der Waals surface area contributed by atoms with E-state index < -0.39 is 11.8 Å². The molecule has 0 aliphatic heterocycles. The van der Waals surface area contributed by atoms with Gasteiger partial charge in [-0.05, 0) is 12.1 Å². The third kappa shape index (κ3) is 3.63. The largest absolute Gasteiger partial charge is 0.350 e. The summed E-state index contributed by atoms with van der Waals surface area (Å²) < 4.78 is 0. The van der Waals surface area contributed by atoms with Gasteiger partial charge in [0.1, 0.15) is 5.69 Å². The summed E-state index contributed by atoms with van der Waals surface area (Å²) in [6, 6.07) is 6.86. The van der Waals surface area contributed by atoms with Gasteiger partial charge in [-0.1, -0.05) is 6.07 Å². The molecule has 8 heteroatoms. The molecular formula is C13H12N6O2. The van der Waals surface area contributed by atoms with Gasteiger partial charge in [-0.2, -0.15) is 10.4 Å². The molecule has 0 aromatic carbocycles. The highest BCUT2D eigenvalue weighted by molar-refractivity contribution is 6.07. The van der Waals surface area contributed by atoms with Crippen LogP contribution in [0, 0.1) is 11.3 Å². The number of aromatic amines is 1. The summed E-state index contributed by atoms with van der Waals surface area (Å²) in [7, 11) is 0. The first kappa shape index (κ1) is 14.2. The number of hydrogen-bond acceptors (Lipinski definition) is 5. The number of aromatic nitrogens is 3. The second-order valence-electron chi connectivity index (χ2n) is 3.98. The topological polar surface area (TPSA) is 124 Å². The zero-order valence-electron chi connectivity index (χ0n) is 11.0. The third-order valence-electron chi connectivity index (χ3n) is 2.52. The van der Waals surface area contributed by atoms with Crippen molar-refractivity contribution >= 4 is 17.5 Å². The van der Waals surface area contributed by atoms with Gasteiger partial charge in [0.15, 0.2) is 5.69 Å². The summed E-state index contributed by atoms with van der Waals surface area (Å²) in [6.45, 7) is 0.218. The van der Waals surface area contributed by atoms with Crippen molar-refractivity contribution in [3.8, 4) is 6.07 Å². The summed E-state index contributed by atoms with van der Waals surface area (Å²) in [5, 5.41) is 19.8. The first-order chi connectivity index (χ1) is 10.2. The first-order valence-corrected chi connectivity index (χ1v) is 6.13. The Balaban J connectivity index is 2.05. The molecule has 0 aliphatic carbocycles. The van der Waals surface area contributed by atoms with Crippen LogP contribution in [0.15, 0.2) is 30.6 Å². The van der Waals surface area contributed by atoms with Crippen LogP contribution in [0.25, 0.3) is 0 Å². The normalized spacial score (nSPS) is 9.67. The van der Waals surface area contributed by atoms with Gasteiger partial charge >= 0.3 is 0 Å². The number of carbonyl (C=O) groups is 2. The molecule has 3 N–H and O–H groups in total. The molecule has 2 heterocycles. The lowest BCUT2D eigenvalue weighted by molar-refractivity contribution is 0.0950. The smallest absolute Gasteiger partial charge is 0.274 e. The average molecular weight is 284 g/mol. The maximum Gasteiger partial charge on any atom is 0.274 e. The van der Waals surface area contributed by atoms with Crippen LogP contribution < -0.4 is 10.6 Å². The fraction of sp³-hybridized carbons (Fsp3) is 0.154. The van der Waals surface area contributed by atoms with E-state index in [9.17, 15) is 9.59 Å². The van der Waals surface area contributed by atoms with E-state index in [-0.39, 0.29) is 30.0 Å². The molecule has 0 spiro atoms. The van der Waals surface area contributed by atoms with E-state index in [2.05, 4.69) is 25.8 Å². The average Bonchev–Trinajstić information content (AvgIpc) is 2.96. The fourth-order valence-corrected chi connectivity index (χ4v) is 1.56. The van der Waals surface area contributed by atoms with E-state index in [1.165, 1.54) is 12.4 Å². The molecule has 2 aromatic rings. The molecule has 2 amide bonds. The van der Waals surface area contributed by atoms with Gasteiger partial charge < -0.3 is 10.6 Å². The minimum atomic E-state index is -0.470. The van der Waals surface area contributed by atoms with Crippen molar-refractivity contribution in [3.05, 3.63) is 42.0 Å². The SMILES string of the molecule is N#CCCNC(=O)c1n[nH]cc1NC(=O)c1ccccn1. The highest BCUT2D eigenvalue weighted by Crippen LogP contribution is 2.12. The Morgan fingerprint density at radius 2 is 2.19 bits per heavy atom. The number of nitrogens with one attached hydrogen (secondary N) is 3. The Kier molecular flexibility index (Phi) is 4.61. The zero-order valence-corrected chi connectivity index (χ0v) is 11.0. The van der Waals surface area contributed by atoms with Crippen LogP contribution >= 0.6 is 0 Å². The quantitative estimate of drug-likeness (QED) is 0.697. The lowest BCUT2D eigenvalue weighted by Crippen LogP contribution is -2.26. The van der Waals surface area contributed by atoms with Gasteiger partial charge in [0, 0.05) is 18.9 Å². The van der Waals surface area contributed by atoms with Crippen LogP contribution in [0.4, 0.5) is 5.69 Å². The summed E-state index contributed by atoms with van der Waals surface area (Å²) in [4.78, 5) is 27.7. The minimum absolute atomic E-state index is 0.0530. The van der Waals surface area contributed by atoms with Gasteiger partial charge in [0.2, 0.25) is 0 Å². The molecule has 2 rings (SSSR count). The number of H-pyrrole nitrogens is 1. The van der Waals surface area contributed by atoms with Crippen LogP contribution in [0.2, 0.25) is 0 Å². The van der Waals surface area contributed by atoms with E-state index in [4.69, 9.17) is 5.26 Å². The number of nitriles is 1. The van der Waals surface area contributed by atoms with Crippen molar-refractivity contribution in [2.75, 3.05) is 11.9 Å². The molecule has 0 unspecified atom stereocenters. The minimum Gasteiger partial charge on any atom is -0.350 e. The van der Waals surface area contributed by atoms with Crippen molar-refractivity contribution in [1.82, 2.24) is 20.5 Å². The molecule has 0 saturated heterocycles. The van der Waals surface area contributed by atoms with Gasteiger partial charge in [-0.15, -0.1) is 0 Å². The zero-order chi connectivity index (χ0) is 15.1. The number of pyridine rings is 1. The molecule has 106 valence electrons. The lowest BCUT2D eigenvalue weighted by Gasteiger charge is -2.05. The highest BCUT2D eigenvalue weighted by atomic mass is 16.2. The van der Waals surface area contributed by atoms with Crippen molar-refractivity contribution < 1.29 is 9.59 Å². The van der Waals surface area contributed by atoms with Gasteiger partial charge in [-0.25, -0.2) is 0 Å². The van der Waals surface area contributed by atoms with Gasteiger partial charge in [-0.3, -0.25) is 19.7 Å². The van der Waals surface area contributed by atoms with E-state index in [0.29, 0.717) is 0 Å². The van der Waals surface area contributed by atoms with Crippen LogP contribution in [0.1, 0.15) is 27.4 Å². The predicted octanol–water partition coefficient (Wildman–Crippen LogP) is 0.700. The monoisotopic (exact) mass is 284 g/mol. The molecule has 2 aromatic heterocycles. The van der Waals surface area contributed by atoms with Crippen LogP contribution in [-0.4, -0.2) is 33.5 Å². The molecule has 0 bridgehead atoms. The maximum atomic E-state index is 12.0. The molecule has 8 nitrogen and oxygen atoms in total. The number of nitrogens with zero attached hydrogens (tertiary/aromatic N) is 3. The first-order valence-electron chi connectivity index (χ1n) is 6.13. The molecule has 21 heavy (non-hydrogen) atoms. The van der Waals surface area contributed by atoms with Gasteiger partial charge in [0.25, 0.3) is 11.8 Å². The number of carbonyl (C=O) groups excluding carboxylic acids is 2. The molecule has 0 saturated carbocycles. The van der Waals surface area contributed by atoms with Crippen LogP contribution in [0.5, 0.6) is 0 Å². The number of amides is 2. The number of anilines is 1. The fourth-order valence-electron chi connectivity index (χ4n) is 1.56. The predicted molar refractivity (Wildman–Crippen MR) is 73.3 cm³/mol. The van der Waals surface area contributed by atoms with Crippen molar-refractivity contribution in [2.24, 2.45) is 0 Å². The molecule has 0 aliphatic rings. The summed E-state index contributed by atoms with van der Waals surface area (Å²) >= 11 is 0. The Morgan fingerprint density at radius 1 is 1.33 bits per heavy atom. The second kappa shape index (κ2) is 6.81. The third-order valence-corrected chi connectivity index (χ3v) is 2.52. The van der Waals surface area contributed by atoms with Crippen LogP contribution in [0.3, 0.4) is 0 Å². The second-order valence-corrected chi connectivity index (χ2v) is 3.98. The Hall–Kier alpha value is -3.21. The number of rotatable bonds is 5. The van der Waals surface area contributed by atoms with E-state index >= 15 is 0 Å². The standard InChI is InChI=1S/C13H12N6O2/c14-5-3-7-16-13(21)11-10(8-17-19-11)18-12(20)9-4-1-2-6-15-9/h1-2,4,6,8H,3,7H2,(H,16,21)(H,17,19)(H,18,20). The van der Waals surface area contributed by atoms with Crippen molar-refractivity contribution in [3.63, 3.8) is 0 Å². The number of hydrogen-bond donors (Lipinski definition) is 3. The van der Waals surface area contributed by atoms with Crippen molar-refractivity contribution in [2.45, 2.75) is 6.42 Å². The lowest BCUT2D eigenvalue weighted by atomic mass is 10.3. The van der Waals surface area contributed by atoms with Crippen molar-refractivity contribution in [1.29, 1.82) is 5.26 Å². The Bertz CT molecular complexity index is 673. The summed E-state index contributed by atoms with van der Waals surface area (Å²) in [5.41, 5.74) is 0.534. The van der Waals surface area contributed by atoms with E-state index in [0.717, 1.165) is 0 Å². The van der Waals surface area contributed by atoms with Crippen LogP contribution in [-0.2, 0) is 0 Å². The molecule has 0 fully saturated rings. The van der Waals surface area contributed by atoms with E-state index in [1.54, 1.807) is 18.2 Å². The maximum absolute atomic E-state index is 12.0. The molecular weight excluding hydrogens is 272 g/mol. The summed E-state index contributed by atoms with van der Waals surface area (Å²) in [5.74, 6) is -0.911.